The first kappa shape index (κ1) is 24.6. The van der Waals surface area contributed by atoms with E-state index in [0.717, 1.165) is 11.1 Å². The molecule has 0 radical (unpaired) electrons. The van der Waals surface area contributed by atoms with E-state index in [1.807, 2.05) is 24.3 Å². The second kappa shape index (κ2) is 11.2. The maximum atomic E-state index is 12.7. The van der Waals surface area contributed by atoms with Crippen molar-refractivity contribution < 1.29 is 24.2 Å². The summed E-state index contributed by atoms with van der Waals surface area (Å²) in [6.45, 7) is 0.541. The number of hydrogen-bond donors (Lipinski definition) is 1. The van der Waals surface area contributed by atoms with Crippen molar-refractivity contribution in [3.63, 3.8) is 0 Å². The van der Waals surface area contributed by atoms with Crippen LogP contribution in [0.5, 0.6) is 11.5 Å². The van der Waals surface area contributed by atoms with Crippen LogP contribution in [-0.2, 0) is 16.2 Å². The van der Waals surface area contributed by atoms with Gasteiger partial charge in [-0.2, -0.15) is 0 Å². The summed E-state index contributed by atoms with van der Waals surface area (Å²) in [5.74, 6) is -0.125. The number of benzene rings is 2. The van der Waals surface area contributed by atoms with Crippen molar-refractivity contribution >= 4 is 73.8 Å². The van der Waals surface area contributed by atoms with E-state index in [1.54, 1.807) is 18.2 Å². The van der Waals surface area contributed by atoms with Gasteiger partial charge in [-0.25, -0.2) is 0 Å². The number of carbonyl (C=O) groups is 2. The third kappa shape index (κ3) is 6.04. The first-order valence-corrected chi connectivity index (χ1v) is 11.9. The highest BCUT2D eigenvalue weighted by Gasteiger charge is 2.31. The van der Waals surface area contributed by atoms with E-state index < -0.39 is 5.97 Å². The van der Waals surface area contributed by atoms with Gasteiger partial charge in [0.15, 0.2) is 11.5 Å². The van der Waals surface area contributed by atoms with Crippen LogP contribution in [0.3, 0.4) is 0 Å². The van der Waals surface area contributed by atoms with Gasteiger partial charge >= 0.3 is 5.97 Å². The summed E-state index contributed by atoms with van der Waals surface area (Å²) in [6, 6.07) is 11.0. The molecule has 1 aliphatic rings. The number of nitrogens with zero attached hydrogens (tertiary/aromatic N) is 1. The van der Waals surface area contributed by atoms with Gasteiger partial charge in [0, 0.05) is 23.6 Å². The third-order valence-corrected chi connectivity index (χ3v) is 6.86. The summed E-state index contributed by atoms with van der Waals surface area (Å²) in [5, 5.41) is 9.41. The molecule has 1 fully saturated rings. The number of halogens is 2. The van der Waals surface area contributed by atoms with Crippen LogP contribution in [0.2, 0.25) is 5.02 Å². The van der Waals surface area contributed by atoms with Crippen LogP contribution in [0.25, 0.3) is 6.08 Å². The van der Waals surface area contributed by atoms with Crippen molar-refractivity contribution in [3.8, 4) is 11.5 Å². The Labute approximate surface area is 208 Å². The molecular formula is C22H19BrClNO5S2. The molecule has 0 bridgehead atoms. The number of thioether (sulfide) groups is 1. The van der Waals surface area contributed by atoms with Crippen LogP contribution in [-0.4, -0.2) is 39.9 Å². The number of hydrogen-bond acceptors (Lipinski definition) is 6. The molecule has 2 aromatic carbocycles. The molecule has 1 aliphatic heterocycles. The zero-order chi connectivity index (χ0) is 23.3. The molecule has 10 heteroatoms. The van der Waals surface area contributed by atoms with Crippen molar-refractivity contribution in [1.82, 2.24) is 4.90 Å². The predicted octanol–water partition coefficient (Wildman–Crippen LogP) is 5.76. The average molecular weight is 557 g/mol. The average Bonchev–Trinajstić information content (AvgIpc) is 3.00. The second-order valence-electron chi connectivity index (χ2n) is 6.74. The van der Waals surface area contributed by atoms with Crippen molar-refractivity contribution in [2.75, 3.05) is 13.7 Å². The SMILES string of the molecule is COc1cc(/C=C2\SC(=S)N(CCCC(=O)O)C2=O)cc(Br)c1OCc1ccccc1Cl. The van der Waals surface area contributed by atoms with E-state index >= 15 is 0 Å². The normalized spacial score (nSPS) is 14.8. The zero-order valence-corrected chi connectivity index (χ0v) is 20.9. The van der Waals surface area contributed by atoms with Crippen molar-refractivity contribution in [2.24, 2.45) is 0 Å². The predicted molar refractivity (Wildman–Crippen MR) is 133 cm³/mol. The highest BCUT2D eigenvalue weighted by molar-refractivity contribution is 9.10. The van der Waals surface area contributed by atoms with E-state index in [4.69, 9.17) is 38.4 Å². The summed E-state index contributed by atoms with van der Waals surface area (Å²) in [5.41, 5.74) is 1.57. The van der Waals surface area contributed by atoms with Gasteiger partial charge in [0.1, 0.15) is 10.9 Å². The van der Waals surface area contributed by atoms with E-state index in [9.17, 15) is 9.59 Å². The smallest absolute Gasteiger partial charge is 0.303 e. The molecule has 0 aliphatic carbocycles. The molecule has 0 aromatic heterocycles. The molecule has 0 atom stereocenters. The Morgan fingerprint density at radius 3 is 2.78 bits per heavy atom. The van der Waals surface area contributed by atoms with Gasteiger partial charge in [-0.3, -0.25) is 14.5 Å². The van der Waals surface area contributed by atoms with Gasteiger partial charge in [0.25, 0.3) is 5.91 Å². The fourth-order valence-electron chi connectivity index (χ4n) is 2.96. The number of ether oxygens (including phenoxy) is 2. The van der Waals surface area contributed by atoms with Crippen LogP contribution in [0.1, 0.15) is 24.0 Å². The Kier molecular flexibility index (Phi) is 8.58. The molecule has 0 spiro atoms. The first-order chi connectivity index (χ1) is 15.3. The molecule has 1 heterocycles. The monoisotopic (exact) mass is 555 g/mol. The van der Waals surface area contributed by atoms with Crippen molar-refractivity contribution in [1.29, 1.82) is 0 Å². The molecule has 2 aromatic rings. The lowest BCUT2D eigenvalue weighted by atomic mass is 10.1. The van der Waals surface area contributed by atoms with Gasteiger partial charge in [-0.1, -0.05) is 53.8 Å². The largest absolute Gasteiger partial charge is 0.493 e. The number of carboxylic acids is 1. The fourth-order valence-corrected chi connectivity index (χ4v) is 5.03. The summed E-state index contributed by atoms with van der Waals surface area (Å²) in [4.78, 5) is 25.3. The Hall–Kier alpha value is -2.07. The quantitative estimate of drug-likeness (QED) is 0.311. The Morgan fingerprint density at radius 1 is 1.34 bits per heavy atom. The summed E-state index contributed by atoms with van der Waals surface area (Å²) >= 11 is 16.2. The van der Waals surface area contributed by atoms with Gasteiger partial charge in [0.2, 0.25) is 0 Å². The van der Waals surface area contributed by atoms with Crippen LogP contribution in [0.15, 0.2) is 45.8 Å². The van der Waals surface area contributed by atoms with E-state index in [2.05, 4.69) is 15.9 Å². The lowest BCUT2D eigenvalue weighted by Crippen LogP contribution is -2.29. The molecule has 32 heavy (non-hydrogen) atoms. The molecule has 1 N–H and O–H groups in total. The van der Waals surface area contributed by atoms with Gasteiger partial charge in [-0.05, 0) is 52.2 Å². The van der Waals surface area contributed by atoms with Crippen molar-refractivity contribution in [2.45, 2.75) is 19.4 Å². The molecule has 1 amide bonds. The minimum Gasteiger partial charge on any atom is -0.493 e. The number of thiocarbonyl (C=S) groups is 1. The molecular weight excluding hydrogens is 538 g/mol. The number of aliphatic carboxylic acids is 1. The standard InChI is InChI=1S/C22H19BrClNO5S2/c1-29-17-10-13(9-15(23)20(17)30-12-14-5-2-3-6-16(14)24)11-18-21(28)25(22(31)32-18)8-4-7-19(26)27/h2-3,5-6,9-11H,4,7-8,12H2,1H3,(H,26,27)/b18-11-. The number of carboxylic acid groups (broad SMARTS) is 1. The Morgan fingerprint density at radius 2 is 2.09 bits per heavy atom. The lowest BCUT2D eigenvalue weighted by molar-refractivity contribution is -0.137. The maximum Gasteiger partial charge on any atom is 0.303 e. The Bertz CT molecular complexity index is 1090. The lowest BCUT2D eigenvalue weighted by Gasteiger charge is -2.14. The van der Waals surface area contributed by atoms with Gasteiger partial charge in [-0.15, -0.1) is 0 Å². The zero-order valence-electron chi connectivity index (χ0n) is 17.0. The van der Waals surface area contributed by atoms with Crippen LogP contribution in [0.4, 0.5) is 0 Å². The third-order valence-electron chi connectivity index (χ3n) is 4.53. The molecule has 1 saturated heterocycles. The molecule has 6 nitrogen and oxygen atoms in total. The summed E-state index contributed by atoms with van der Waals surface area (Å²) < 4.78 is 12.5. The van der Waals surface area contributed by atoms with Crippen LogP contribution in [0, 0.1) is 0 Å². The molecule has 168 valence electrons. The van der Waals surface area contributed by atoms with E-state index in [1.165, 1.54) is 23.8 Å². The fraction of sp³-hybridized carbons (Fsp3) is 0.227. The number of rotatable bonds is 9. The van der Waals surface area contributed by atoms with E-state index in [0.29, 0.717) is 36.6 Å². The molecule has 3 rings (SSSR count). The van der Waals surface area contributed by atoms with Crippen LogP contribution < -0.4 is 9.47 Å². The van der Waals surface area contributed by atoms with Crippen molar-refractivity contribution in [3.05, 3.63) is 61.9 Å². The summed E-state index contributed by atoms with van der Waals surface area (Å²) in [6.07, 6.45) is 2.05. The number of amides is 1. The van der Waals surface area contributed by atoms with Gasteiger partial charge in [0.05, 0.1) is 16.5 Å². The minimum absolute atomic E-state index is 0.0179. The highest BCUT2D eigenvalue weighted by Crippen LogP contribution is 2.39. The minimum atomic E-state index is -0.903. The second-order valence-corrected chi connectivity index (χ2v) is 9.68. The highest BCUT2D eigenvalue weighted by atomic mass is 79.9. The van der Waals surface area contributed by atoms with Crippen LogP contribution >= 0.6 is 51.5 Å². The Balaban J connectivity index is 1.77. The molecule has 0 saturated carbocycles. The maximum absolute atomic E-state index is 12.7. The molecule has 0 unspecified atom stereocenters. The topological polar surface area (TPSA) is 76.1 Å². The van der Waals surface area contributed by atoms with Gasteiger partial charge < -0.3 is 14.6 Å². The summed E-state index contributed by atoms with van der Waals surface area (Å²) in [7, 11) is 1.54. The number of carbonyl (C=O) groups excluding carboxylic acids is 1. The first-order valence-electron chi connectivity index (χ1n) is 9.51. The number of methoxy groups -OCH3 is 1. The van der Waals surface area contributed by atoms with E-state index in [-0.39, 0.29) is 25.5 Å².